The van der Waals surface area contributed by atoms with Crippen molar-refractivity contribution in [2.45, 2.75) is 45.1 Å². The fourth-order valence-electron chi connectivity index (χ4n) is 3.71. The van der Waals surface area contributed by atoms with Gasteiger partial charge >= 0.3 is 12.0 Å². The van der Waals surface area contributed by atoms with Gasteiger partial charge in [-0.1, -0.05) is 48.5 Å². The van der Waals surface area contributed by atoms with E-state index in [-0.39, 0.29) is 27.2 Å². The number of thiophene rings is 1. The molecule has 1 aromatic carbocycles. The minimum absolute atomic E-state index is 0.1000. The van der Waals surface area contributed by atoms with Crippen molar-refractivity contribution in [3.63, 3.8) is 0 Å². The summed E-state index contributed by atoms with van der Waals surface area (Å²) in [5.74, 6) is -1.68. The average Bonchev–Trinajstić information content (AvgIpc) is 3.09. The summed E-state index contributed by atoms with van der Waals surface area (Å²) in [6.07, 6.45) is 4.54. The van der Waals surface area contributed by atoms with Crippen LogP contribution >= 0.6 is 34.5 Å². The lowest BCUT2D eigenvalue weighted by Crippen LogP contribution is -2.46. The molecule has 0 radical (unpaired) electrons. The Morgan fingerprint density at radius 3 is 2.35 bits per heavy atom. The zero-order valence-electron chi connectivity index (χ0n) is 16.8. The van der Waals surface area contributed by atoms with E-state index in [1.807, 2.05) is 0 Å². The number of halogens is 2. The normalized spacial score (nSPS) is 15.2. The molecule has 166 valence electrons. The highest BCUT2D eigenvalue weighted by Crippen LogP contribution is 2.32. The Morgan fingerprint density at radius 2 is 1.74 bits per heavy atom. The molecule has 1 aromatic heterocycles. The lowest BCUT2D eigenvalue weighted by atomic mass is 9.84. The SMILES string of the molecule is Cc1cc(C(=O)N[C@H](C(=O)O)C2CCCCC2)c(NC(=O)Nc2c(Cl)cccc2Cl)s1. The standard InChI is InChI=1S/C21H23Cl2N3O4S/c1-11-10-13(18(27)24-16(20(28)29)12-6-3-2-4-7-12)19(31-11)26-21(30)25-17-14(22)8-5-9-15(17)23/h5,8-10,12,16H,2-4,6-7H2,1H3,(H,24,27)(H,28,29)(H2,25,26,30)/t16-/m0/s1. The molecule has 3 rings (SSSR count). The van der Waals surface area contributed by atoms with E-state index in [4.69, 9.17) is 23.2 Å². The molecule has 0 saturated heterocycles. The van der Waals surface area contributed by atoms with Crippen molar-refractivity contribution in [2.24, 2.45) is 5.92 Å². The number of amides is 3. The molecular formula is C21H23Cl2N3O4S. The highest BCUT2D eigenvalue weighted by molar-refractivity contribution is 7.16. The van der Waals surface area contributed by atoms with Gasteiger partial charge in [-0.05, 0) is 43.9 Å². The number of nitrogens with one attached hydrogen (secondary N) is 3. The quantitative estimate of drug-likeness (QED) is 0.418. The van der Waals surface area contributed by atoms with E-state index < -0.39 is 23.9 Å². The molecule has 10 heteroatoms. The molecule has 1 saturated carbocycles. The highest BCUT2D eigenvalue weighted by atomic mass is 35.5. The molecule has 1 aliphatic carbocycles. The van der Waals surface area contributed by atoms with Gasteiger partial charge in [-0.25, -0.2) is 9.59 Å². The fraction of sp³-hybridized carbons (Fsp3) is 0.381. The second-order valence-electron chi connectivity index (χ2n) is 7.46. The second kappa shape index (κ2) is 10.3. The zero-order valence-corrected chi connectivity index (χ0v) is 19.2. The topological polar surface area (TPSA) is 108 Å². The third kappa shape index (κ3) is 5.90. The molecule has 0 unspecified atom stereocenters. The monoisotopic (exact) mass is 483 g/mol. The van der Waals surface area contributed by atoms with Crippen LogP contribution in [0.4, 0.5) is 15.5 Å². The number of para-hydroxylation sites is 1. The molecule has 2 aromatic rings. The van der Waals surface area contributed by atoms with Crippen molar-refractivity contribution in [3.8, 4) is 0 Å². The van der Waals surface area contributed by atoms with Crippen molar-refractivity contribution < 1.29 is 19.5 Å². The van der Waals surface area contributed by atoms with Crippen LogP contribution in [0.2, 0.25) is 10.0 Å². The maximum Gasteiger partial charge on any atom is 0.326 e. The van der Waals surface area contributed by atoms with Crippen molar-refractivity contribution in [1.29, 1.82) is 0 Å². The number of carboxylic acid groups (broad SMARTS) is 1. The second-order valence-corrected chi connectivity index (χ2v) is 9.53. The number of hydrogen-bond donors (Lipinski definition) is 4. The first kappa shape index (κ1) is 23.4. The summed E-state index contributed by atoms with van der Waals surface area (Å²) < 4.78 is 0. The zero-order chi connectivity index (χ0) is 22.5. The Labute approximate surface area is 194 Å². The molecule has 1 fully saturated rings. The predicted octanol–water partition coefficient (Wildman–Crippen LogP) is 5.77. The van der Waals surface area contributed by atoms with Crippen LogP contribution in [-0.2, 0) is 4.79 Å². The molecule has 4 N–H and O–H groups in total. The lowest BCUT2D eigenvalue weighted by molar-refractivity contribution is -0.141. The number of rotatable bonds is 6. The molecule has 1 heterocycles. The summed E-state index contributed by atoms with van der Waals surface area (Å²) in [7, 11) is 0. The van der Waals surface area contributed by atoms with E-state index in [0.717, 1.165) is 37.0 Å². The number of carbonyl (C=O) groups is 3. The van der Waals surface area contributed by atoms with Crippen molar-refractivity contribution >= 4 is 63.1 Å². The number of benzene rings is 1. The number of urea groups is 1. The van der Waals surface area contributed by atoms with E-state index in [2.05, 4.69) is 16.0 Å². The van der Waals surface area contributed by atoms with E-state index in [1.54, 1.807) is 31.2 Å². The Kier molecular flexibility index (Phi) is 7.80. The number of anilines is 2. The third-order valence-corrected chi connectivity index (χ3v) is 6.80. The molecule has 3 amide bonds. The summed E-state index contributed by atoms with van der Waals surface area (Å²) >= 11 is 13.4. The van der Waals surface area contributed by atoms with Gasteiger partial charge in [0.05, 0.1) is 21.3 Å². The van der Waals surface area contributed by atoms with E-state index in [1.165, 1.54) is 11.3 Å². The third-order valence-electron chi connectivity index (χ3n) is 5.20. The van der Waals surface area contributed by atoms with Crippen LogP contribution in [0.3, 0.4) is 0 Å². The minimum atomic E-state index is -1.05. The van der Waals surface area contributed by atoms with Crippen LogP contribution in [0.15, 0.2) is 24.3 Å². The minimum Gasteiger partial charge on any atom is -0.480 e. The van der Waals surface area contributed by atoms with Gasteiger partial charge in [-0.3, -0.25) is 10.1 Å². The van der Waals surface area contributed by atoms with Crippen LogP contribution < -0.4 is 16.0 Å². The molecule has 7 nitrogen and oxygen atoms in total. The first-order chi connectivity index (χ1) is 14.8. The van der Waals surface area contributed by atoms with Crippen LogP contribution in [0, 0.1) is 12.8 Å². The molecule has 1 atom stereocenters. The largest absolute Gasteiger partial charge is 0.480 e. The molecule has 0 spiro atoms. The maximum absolute atomic E-state index is 12.9. The molecular weight excluding hydrogens is 461 g/mol. The Balaban J connectivity index is 1.73. The van der Waals surface area contributed by atoms with Gasteiger partial charge in [-0.15, -0.1) is 11.3 Å². The predicted molar refractivity (Wildman–Crippen MR) is 124 cm³/mol. The van der Waals surface area contributed by atoms with Crippen LogP contribution in [0.25, 0.3) is 0 Å². The van der Waals surface area contributed by atoms with Gasteiger partial charge in [0.2, 0.25) is 0 Å². The molecule has 1 aliphatic rings. The number of carboxylic acids is 1. The van der Waals surface area contributed by atoms with Crippen LogP contribution in [0.5, 0.6) is 0 Å². The highest BCUT2D eigenvalue weighted by Gasteiger charge is 2.32. The summed E-state index contributed by atoms with van der Waals surface area (Å²) in [6.45, 7) is 1.80. The fourth-order valence-corrected chi connectivity index (χ4v) is 5.10. The van der Waals surface area contributed by atoms with E-state index in [0.29, 0.717) is 5.00 Å². The van der Waals surface area contributed by atoms with Gasteiger partial charge in [0.25, 0.3) is 5.91 Å². The molecule has 31 heavy (non-hydrogen) atoms. The lowest BCUT2D eigenvalue weighted by Gasteiger charge is -2.28. The van der Waals surface area contributed by atoms with Gasteiger partial charge in [0, 0.05) is 4.88 Å². The van der Waals surface area contributed by atoms with Crippen LogP contribution in [0.1, 0.15) is 47.3 Å². The molecule has 0 bridgehead atoms. The molecule has 0 aliphatic heterocycles. The average molecular weight is 484 g/mol. The number of carbonyl (C=O) groups excluding carboxylic acids is 2. The summed E-state index contributed by atoms with van der Waals surface area (Å²) in [4.78, 5) is 38.0. The van der Waals surface area contributed by atoms with Crippen LogP contribution in [-0.4, -0.2) is 29.1 Å². The first-order valence-corrected chi connectivity index (χ1v) is 11.5. The number of aliphatic carboxylic acids is 1. The van der Waals surface area contributed by atoms with E-state index >= 15 is 0 Å². The summed E-state index contributed by atoms with van der Waals surface area (Å²) in [5.41, 5.74) is 0.468. The number of aryl methyl sites for hydroxylation is 1. The number of hydrogen-bond acceptors (Lipinski definition) is 4. The van der Waals surface area contributed by atoms with Gasteiger partial charge < -0.3 is 15.7 Å². The van der Waals surface area contributed by atoms with Crippen molar-refractivity contribution in [1.82, 2.24) is 5.32 Å². The van der Waals surface area contributed by atoms with E-state index in [9.17, 15) is 19.5 Å². The van der Waals surface area contributed by atoms with Crippen molar-refractivity contribution in [3.05, 3.63) is 44.8 Å². The Morgan fingerprint density at radius 1 is 1.10 bits per heavy atom. The Hall–Kier alpha value is -2.29. The smallest absolute Gasteiger partial charge is 0.326 e. The van der Waals surface area contributed by atoms with Gasteiger partial charge in [-0.2, -0.15) is 0 Å². The van der Waals surface area contributed by atoms with Gasteiger partial charge in [0.1, 0.15) is 11.0 Å². The van der Waals surface area contributed by atoms with Crippen molar-refractivity contribution in [2.75, 3.05) is 10.6 Å². The first-order valence-electron chi connectivity index (χ1n) is 9.92. The summed E-state index contributed by atoms with van der Waals surface area (Å²) in [5, 5.41) is 18.4. The maximum atomic E-state index is 12.9. The van der Waals surface area contributed by atoms with Gasteiger partial charge in [0.15, 0.2) is 0 Å². The summed E-state index contributed by atoms with van der Waals surface area (Å²) in [6, 6.07) is 4.88. The Bertz CT molecular complexity index is 969.